The molecule has 1 nitrogen and oxygen atoms in total. The largest absolute Gasteiger partial charge is 0.311 e. The van der Waals surface area contributed by atoms with Crippen LogP contribution < -0.4 is 5.32 Å². The van der Waals surface area contributed by atoms with E-state index >= 15 is 0 Å². The Hall–Kier alpha value is -0.730. The number of nitrogens with one attached hydrogen (secondary N) is 1. The first-order valence-corrected chi connectivity index (χ1v) is 7.91. The summed E-state index contributed by atoms with van der Waals surface area (Å²) in [6, 6.07) is 9.42. The molecule has 0 aliphatic carbocycles. The zero-order chi connectivity index (χ0) is 14.5. The molecule has 0 aliphatic rings. The third kappa shape index (κ3) is 6.31. The molecule has 1 N–H and O–H groups in total. The van der Waals surface area contributed by atoms with Crippen molar-refractivity contribution < 1.29 is 0 Å². The van der Waals surface area contributed by atoms with Crippen molar-refractivity contribution >= 4 is 11.8 Å². The maximum atomic E-state index is 4.12. The van der Waals surface area contributed by atoms with E-state index in [1.165, 1.54) is 16.0 Å². The summed E-state index contributed by atoms with van der Waals surface area (Å²) in [5.41, 5.74) is 2.87. The fraction of sp³-hybridized carbons (Fsp3) is 0.529. The summed E-state index contributed by atoms with van der Waals surface area (Å²) in [6.45, 7) is 16.1. The number of hydrogen-bond acceptors (Lipinski definition) is 2. The van der Waals surface area contributed by atoms with Crippen molar-refractivity contribution in [3.8, 4) is 0 Å². The standard InChI is InChI=1S/C17H27NS/c1-13(2)18-11-14(3)12-19-16-9-7-15(8-10-16)17(4,5)6/h7-10,13,18H,3,11-12H2,1-2,4-6H3. The average molecular weight is 277 g/mol. The van der Waals surface area contributed by atoms with Gasteiger partial charge in [-0.25, -0.2) is 0 Å². The van der Waals surface area contributed by atoms with Crippen LogP contribution in [0, 0.1) is 0 Å². The van der Waals surface area contributed by atoms with Crippen LogP contribution in [-0.2, 0) is 5.41 Å². The van der Waals surface area contributed by atoms with Gasteiger partial charge in [-0.15, -0.1) is 11.8 Å². The first-order valence-electron chi connectivity index (χ1n) is 6.92. The van der Waals surface area contributed by atoms with E-state index in [1.807, 2.05) is 11.8 Å². The van der Waals surface area contributed by atoms with Crippen molar-refractivity contribution in [2.45, 2.75) is 51.0 Å². The van der Waals surface area contributed by atoms with Gasteiger partial charge >= 0.3 is 0 Å². The van der Waals surface area contributed by atoms with Crippen LogP contribution in [-0.4, -0.2) is 18.3 Å². The maximum Gasteiger partial charge on any atom is 0.0200 e. The summed E-state index contributed by atoms with van der Waals surface area (Å²) in [4.78, 5) is 1.32. The maximum absolute atomic E-state index is 4.12. The Morgan fingerprint density at radius 3 is 2.26 bits per heavy atom. The zero-order valence-electron chi connectivity index (χ0n) is 12.9. The molecular weight excluding hydrogens is 250 g/mol. The predicted molar refractivity (Wildman–Crippen MR) is 88.1 cm³/mol. The van der Waals surface area contributed by atoms with E-state index < -0.39 is 0 Å². The molecule has 1 aromatic carbocycles. The molecule has 0 aromatic heterocycles. The molecule has 0 amide bonds. The van der Waals surface area contributed by atoms with Gasteiger partial charge < -0.3 is 5.32 Å². The minimum Gasteiger partial charge on any atom is -0.311 e. The molecule has 0 radical (unpaired) electrons. The molecule has 0 atom stereocenters. The molecule has 1 aromatic rings. The first-order chi connectivity index (χ1) is 8.79. The van der Waals surface area contributed by atoms with Crippen LogP contribution in [0.1, 0.15) is 40.2 Å². The Labute approximate surface area is 122 Å². The Balaban J connectivity index is 2.44. The van der Waals surface area contributed by atoms with Crippen LogP contribution in [0.4, 0.5) is 0 Å². The van der Waals surface area contributed by atoms with Crippen LogP contribution in [0.25, 0.3) is 0 Å². The van der Waals surface area contributed by atoms with Gasteiger partial charge in [0.1, 0.15) is 0 Å². The number of benzene rings is 1. The van der Waals surface area contributed by atoms with Crippen LogP contribution in [0.5, 0.6) is 0 Å². The second-order valence-electron chi connectivity index (χ2n) is 6.35. The topological polar surface area (TPSA) is 12.0 Å². The fourth-order valence-corrected chi connectivity index (χ4v) is 2.44. The van der Waals surface area contributed by atoms with E-state index in [0.717, 1.165) is 12.3 Å². The Kier molecular flexibility index (Phi) is 6.15. The summed E-state index contributed by atoms with van der Waals surface area (Å²) in [6.07, 6.45) is 0. The van der Waals surface area contributed by atoms with E-state index in [2.05, 4.69) is 70.8 Å². The summed E-state index contributed by atoms with van der Waals surface area (Å²) in [5, 5.41) is 3.40. The molecular formula is C17H27NS. The molecule has 0 saturated heterocycles. The van der Waals surface area contributed by atoms with Crippen molar-refractivity contribution in [3.05, 3.63) is 42.0 Å². The van der Waals surface area contributed by atoms with Crippen molar-refractivity contribution in [3.63, 3.8) is 0 Å². The smallest absolute Gasteiger partial charge is 0.0200 e. The molecule has 0 fully saturated rings. The Morgan fingerprint density at radius 1 is 1.21 bits per heavy atom. The van der Waals surface area contributed by atoms with E-state index in [-0.39, 0.29) is 5.41 Å². The summed E-state index contributed by atoms with van der Waals surface area (Å²) >= 11 is 1.86. The lowest BCUT2D eigenvalue weighted by Gasteiger charge is -2.19. The van der Waals surface area contributed by atoms with Crippen LogP contribution in [0.3, 0.4) is 0 Å². The minimum atomic E-state index is 0.230. The highest BCUT2D eigenvalue weighted by Gasteiger charge is 2.12. The normalized spacial score (nSPS) is 11.9. The molecule has 0 spiro atoms. The van der Waals surface area contributed by atoms with Gasteiger partial charge in [0.05, 0.1) is 0 Å². The SMILES string of the molecule is C=C(CNC(C)C)CSc1ccc(C(C)(C)C)cc1. The van der Waals surface area contributed by atoms with E-state index in [0.29, 0.717) is 6.04 Å². The van der Waals surface area contributed by atoms with Crippen molar-refractivity contribution in [1.82, 2.24) is 5.32 Å². The third-order valence-electron chi connectivity index (χ3n) is 2.92. The van der Waals surface area contributed by atoms with Crippen LogP contribution >= 0.6 is 11.8 Å². The lowest BCUT2D eigenvalue weighted by molar-refractivity contribution is 0.590. The quantitative estimate of drug-likeness (QED) is 0.601. The third-order valence-corrected chi connectivity index (χ3v) is 4.08. The number of hydrogen-bond donors (Lipinski definition) is 1. The van der Waals surface area contributed by atoms with Gasteiger partial charge in [0.25, 0.3) is 0 Å². The van der Waals surface area contributed by atoms with E-state index in [1.54, 1.807) is 0 Å². The molecule has 0 saturated carbocycles. The van der Waals surface area contributed by atoms with Crippen molar-refractivity contribution in [1.29, 1.82) is 0 Å². The molecule has 1 rings (SSSR count). The molecule has 106 valence electrons. The van der Waals surface area contributed by atoms with E-state index in [4.69, 9.17) is 0 Å². The number of thioether (sulfide) groups is 1. The van der Waals surface area contributed by atoms with Gasteiger partial charge in [-0.05, 0) is 23.1 Å². The van der Waals surface area contributed by atoms with Gasteiger partial charge in [0.15, 0.2) is 0 Å². The second-order valence-corrected chi connectivity index (χ2v) is 7.40. The molecule has 0 aliphatic heterocycles. The highest BCUT2D eigenvalue weighted by molar-refractivity contribution is 7.99. The Bertz CT molecular complexity index is 398. The molecule has 19 heavy (non-hydrogen) atoms. The second kappa shape index (κ2) is 7.16. The van der Waals surface area contributed by atoms with Crippen molar-refractivity contribution in [2.24, 2.45) is 0 Å². The molecule has 0 bridgehead atoms. The highest BCUT2D eigenvalue weighted by Crippen LogP contribution is 2.26. The van der Waals surface area contributed by atoms with Crippen molar-refractivity contribution in [2.75, 3.05) is 12.3 Å². The molecule has 0 heterocycles. The van der Waals surface area contributed by atoms with Gasteiger partial charge in [-0.2, -0.15) is 0 Å². The van der Waals surface area contributed by atoms with Gasteiger partial charge in [0.2, 0.25) is 0 Å². The Morgan fingerprint density at radius 2 is 1.79 bits per heavy atom. The van der Waals surface area contributed by atoms with Crippen LogP contribution in [0.15, 0.2) is 41.3 Å². The van der Waals surface area contributed by atoms with Gasteiger partial charge in [-0.3, -0.25) is 0 Å². The highest BCUT2D eigenvalue weighted by atomic mass is 32.2. The summed E-state index contributed by atoms with van der Waals surface area (Å²) in [7, 11) is 0. The fourth-order valence-electron chi connectivity index (χ4n) is 1.64. The minimum absolute atomic E-state index is 0.230. The monoisotopic (exact) mass is 277 g/mol. The number of rotatable bonds is 6. The molecule has 0 unspecified atom stereocenters. The predicted octanol–water partition coefficient (Wildman–Crippen LogP) is 4.63. The molecule has 2 heteroatoms. The zero-order valence-corrected chi connectivity index (χ0v) is 13.7. The van der Waals surface area contributed by atoms with E-state index in [9.17, 15) is 0 Å². The van der Waals surface area contributed by atoms with Crippen LogP contribution in [0.2, 0.25) is 0 Å². The first kappa shape index (κ1) is 16.3. The summed E-state index contributed by atoms with van der Waals surface area (Å²) < 4.78 is 0. The average Bonchev–Trinajstić information content (AvgIpc) is 2.33. The van der Waals surface area contributed by atoms with Gasteiger partial charge in [-0.1, -0.05) is 58.9 Å². The van der Waals surface area contributed by atoms with Gasteiger partial charge in [0, 0.05) is 23.2 Å². The lowest BCUT2D eigenvalue weighted by Crippen LogP contribution is -2.25. The lowest BCUT2D eigenvalue weighted by atomic mass is 9.87. The summed E-state index contributed by atoms with van der Waals surface area (Å²) in [5.74, 6) is 0.981.